The molecule has 414 valence electrons. The third-order valence-corrected chi connectivity index (χ3v) is 29.3. The van der Waals surface area contributed by atoms with E-state index >= 15 is 17.6 Å². The smallest absolute Gasteiger partial charge is 0.513 e. The molecule has 5 heterocycles. The highest BCUT2D eigenvalue weighted by Crippen LogP contribution is 2.48. The van der Waals surface area contributed by atoms with Crippen molar-refractivity contribution in [3.8, 4) is 40.2 Å². The number of non-ortho nitro benzene ring substituents is 1. The fourth-order valence-electron chi connectivity index (χ4n) is 13.5. The molecule has 0 saturated carbocycles. The van der Waals surface area contributed by atoms with Crippen LogP contribution in [0.1, 0.15) is 127 Å². The second-order valence-corrected chi connectivity index (χ2v) is 34.3. The van der Waals surface area contributed by atoms with Crippen molar-refractivity contribution in [1.29, 1.82) is 0 Å². The standard InChI is InChI=1S/C58H74F4N6O7Si2/c1-35(2)76(36(3)4,37(5)6)28-22-46-49(59)20-15-41-29-45(75-77(38(7)8,39(9)10)40(11)12)30-47(50(41)46)52-51(60)53-48(31-63-52)54(66-26-14-24-58(61,62)33-66)65-55(64-53)73-34-57-23-13-27-67(57)43(21-25-57)32-72-56(69)74-44-18-16-42(17-19-44)68(70)71/h15-20,29-31,35-40,43H,13-14,21,23-27,32-34H2,1-12H3/t43-,57-/m0/s1. The van der Waals surface area contributed by atoms with Gasteiger partial charge in [-0.3, -0.25) is 20.0 Å². The van der Waals surface area contributed by atoms with E-state index in [4.69, 9.17) is 33.6 Å². The van der Waals surface area contributed by atoms with Crippen LogP contribution in [-0.4, -0.2) is 97.7 Å². The van der Waals surface area contributed by atoms with Crippen molar-refractivity contribution in [1.82, 2.24) is 19.9 Å². The molecule has 0 radical (unpaired) electrons. The third-order valence-electron chi connectivity index (χ3n) is 17.0. The number of piperidine rings is 1. The van der Waals surface area contributed by atoms with Gasteiger partial charge in [0.05, 0.1) is 28.0 Å². The second-order valence-electron chi connectivity index (χ2n) is 23.4. The van der Waals surface area contributed by atoms with Gasteiger partial charge in [-0.2, -0.15) is 9.97 Å². The average Bonchev–Trinajstić information content (AvgIpc) is 3.94. The molecule has 3 aliphatic rings. The molecule has 3 saturated heterocycles. The lowest BCUT2D eigenvalue weighted by Crippen LogP contribution is -2.50. The van der Waals surface area contributed by atoms with Crippen molar-refractivity contribution in [2.45, 2.75) is 172 Å². The van der Waals surface area contributed by atoms with Crippen LogP contribution in [0.25, 0.3) is 32.9 Å². The third kappa shape index (κ3) is 11.1. The summed E-state index contributed by atoms with van der Waals surface area (Å²) in [6.07, 6.45) is 3.19. The highest BCUT2D eigenvalue weighted by molar-refractivity contribution is 6.90. The van der Waals surface area contributed by atoms with E-state index in [-0.39, 0.29) is 123 Å². The van der Waals surface area contributed by atoms with Gasteiger partial charge in [-0.1, -0.05) is 95.1 Å². The molecule has 2 atom stereocenters. The number of aromatic nitrogens is 3. The van der Waals surface area contributed by atoms with Crippen molar-refractivity contribution >= 4 is 55.7 Å². The summed E-state index contributed by atoms with van der Waals surface area (Å²) in [5, 5.41) is 12.2. The van der Waals surface area contributed by atoms with Gasteiger partial charge in [0.15, 0.2) is 5.82 Å². The van der Waals surface area contributed by atoms with Crippen LogP contribution < -0.4 is 18.8 Å². The summed E-state index contributed by atoms with van der Waals surface area (Å²) in [7, 11) is -5.02. The van der Waals surface area contributed by atoms with E-state index in [9.17, 15) is 14.9 Å². The van der Waals surface area contributed by atoms with Crippen molar-refractivity contribution in [3.05, 3.63) is 82.0 Å². The number of pyridine rings is 1. The van der Waals surface area contributed by atoms with Crippen LogP contribution in [0, 0.1) is 33.2 Å². The molecule has 0 aliphatic carbocycles. The number of nitrogens with zero attached hydrogens (tertiary/aromatic N) is 6. The highest BCUT2D eigenvalue weighted by Gasteiger charge is 2.51. The molecule has 77 heavy (non-hydrogen) atoms. The first-order valence-corrected chi connectivity index (χ1v) is 31.7. The van der Waals surface area contributed by atoms with E-state index in [1.54, 1.807) is 12.1 Å². The number of ether oxygens (including phenoxy) is 3. The molecule has 2 aromatic heterocycles. The molecule has 5 aromatic rings. The second kappa shape index (κ2) is 22.5. The van der Waals surface area contributed by atoms with E-state index in [2.05, 4.69) is 99.4 Å². The molecule has 0 amide bonds. The molecule has 8 rings (SSSR count). The summed E-state index contributed by atoms with van der Waals surface area (Å²) in [5.74, 6) is -0.423. The number of alkyl halides is 2. The topological polar surface area (TPSA) is 142 Å². The van der Waals surface area contributed by atoms with Crippen LogP contribution in [0.2, 0.25) is 33.2 Å². The van der Waals surface area contributed by atoms with Crippen LogP contribution in [-0.2, 0) is 4.74 Å². The Morgan fingerprint density at radius 2 is 1.51 bits per heavy atom. The highest BCUT2D eigenvalue weighted by atomic mass is 28.4. The predicted octanol–water partition coefficient (Wildman–Crippen LogP) is 15.0. The molecule has 0 spiro atoms. The predicted molar refractivity (Wildman–Crippen MR) is 298 cm³/mol. The number of benzene rings is 3. The number of carbonyl (C=O) groups is 1. The minimum atomic E-state index is -3.04. The lowest BCUT2D eigenvalue weighted by Gasteiger charge is -2.42. The van der Waals surface area contributed by atoms with Crippen molar-refractivity contribution in [2.24, 2.45) is 0 Å². The largest absolute Gasteiger partial charge is 0.543 e. The van der Waals surface area contributed by atoms with Gasteiger partial charge in [0.2, 0.25) is 0 Å². The molecule has 3 fully saturated rings. The van der Waals surface area contributed by atoms with E-state index in [1.807, 2.05) is 6.07 Å². The first-order valence-electron chi connectivity index (χ1n) is 27.3. The Kier molecular flexibility index (Phi) is 16.7. The SMILES string of the molecule is CC(C)[Si](C#Cc1c(F)ccc2cc(O[Si](C(C)C)(C(C)C)C(C)C)cc(-c3ncc4c(N5CCCC(F)(F)C5)nc(OC[C@@]56CCCN5[C@H](COC(=O)Oc5ccc([N+](=O)[O-])cc5)CC6)nc4c3F)c12)(C(C)C)C(C)C. The van der Waals surface area contributed by atoms with Crippen LogP contribution >= 0.6 is 0 Å². The number of anilines is 1. The fourth-order valence-corrected chi connectivity index (χ4v) is 24.0. The maximum absolute atomic E-state index is 18.3. The van der Waals surface area contributed by atoms with Gasteiger partial charge >= 0.3 is 12.2 Å². The van der Waals surface area contributed by atoms with Gasteiger partial charge in [0.1, 0.15) is 55.6 Å². The van der Waals surface area contributed by atoms with Crippen molar-refractivity contribution in [3.63, 3.8) is 0 Å². The monoisotopic (exact) mass is 1100 g/mol. The Morgan fingerprint density at radius 1 is 0.844 bits per heavy atom. The first-order chi connectivity index (χ1) is 36.3. The number of nitro groups is 1. The van der Waals surface area contributed by atoms with E-state index < -0.39 is 57.1 Å². The first kappa shape index (κ1) is 57.3. The van der Waals surface area contributed by atoms with Gasteiger partial charge in [-0.15, -0.1) is 5.54 Å². The fraction of sp³-hybridized carbons (Fsp3) is 0.552. The Labute approximate surface area is 452 Å². The molecular formula is C58H74F4N6O7Si2. The Balaban J connectivity index is 1.22. The van der Waals surface area contributed by atoms with E-state index in [0.717, 1.165) is 12.8 Å². The Morgan fingerprint density at radius 3 is 2.13 bits per heavy atom. The molecule has 19 heteroatoms. The number of rotatable bonds is 17. The summed E-state index contributed by atoms with van der Waals surface area (Å²) in [6, 6.07) is 11.4. The Hall–Kier alpha value is -5.85. The summed E-state index contributed by atoms with van der Waals surface area (Å²) in [6.45, 7) is 26.6. The molecule has 0 N–H and O–H groups in total. The number of fused-ring (bicyclic) bond motifs is 3. The molecule has 3 aromatic carbocycles. The van der Waals surface area contributed by atoms with Gasteiger partial charge in [-0.25, -0.2) is 22.4 Å². The lowest BCUT2D eigenvalue weighted by atomic mass is 9.95. The average molecular weight is 1100 g/mol. The quantitative estimate of drug-likeness (QED) is 0.0166. The number of hydrogen-bond acceptors (Lipinski definition) is 12. The Bertz CT molecular complexity index is 3030. The zero-order valence-corrected chi connectivity index (χ0v) is 48.6. The normalized spacial score (nSPS) is 19.0. The molecule has 3 aliphatic heterocycles. The van der Waals surface area contributed by atoms with Crippen molar-refractivity contribution in [2.75, 3.05) is 37.7 Å². The van der Waals surface area contributed by atoms with E-state index in [0.29, 0.717) is 35.9 Å². The van der Waals surface area contributed by atoms with Crippen LogP contribution in [0.5, 0.6) is 17.5 Å². The van der Waals surface area contributed by atoms with Crippen LogP contribution in [0.4, 0.5) is 33.9 Å². The van der Waals surface area contributed by atoms with Crippen molar-refractivity contribution < 1.29 is 45.9 Å². The molecule has 0 unspecified atom stereocenters. The summed E-state index contributed by atoms with van der Waals surface area (Å²) in [4.78, 5) is 41.2. The van der Waals surface area contributed by atoms with Crippen LogP contribution in [0.3, 0.4) is 0 Å². The number of carbonyl (C=O) groups excluding carboxylic acids is 1. The van der Waals surface area contributed by atoms with Gasteiger partial charge in [0, 0.05) is 48.3 Å². The number of nitro benzene ring substituents is 1. The van der Waals surface area contributed by atoms with E-state index in [1.165, 1.54) is 41.4 Å². The minimum absolute atomic E-state index is 0.0119. The summed E-state index contributed by atoms with van der Waals surface area (Å²) >= 11 is 0. The number of halogens is 4. The molecule has 13 nitrogen and oxygen atoms in total. The lowest BCUT2D eigenvalue weighted by molar-refractivity contribution is -0.384. The molecule has 0 bridgehead atoms. The minimum Gasteiger partial charge on any atom is -0.543 e. The van der Waals surface area contributed by atoms with Gasteiger partial charge in [-0.05, 0) is 108 Å². The maximum Gasteiger partial charge on any atom is 0.513 e. The zero-order valence-electron chi connectivity index (χ0n) is 46.6. The van der Waals surface area contributed by atoms with Crippen LogP contribution in [0.15, 0.2) is 54.7 Å². The zero-order chi connectivity index (χ0) is 55.9. The summed E-state index contributed by atoms with van der Waals surface area (Å²) < 4.78 is 90.2. The van der Waals surface area contributed by atoms with Gasteiger partial charge < -0.3 is 23.5 Å². The maximum atomic E-state index is 18.3. The van der Waals surface area contributed by atoms with Gasteiger partial charge in [0.25, 0.3) is 19.9 Å². The number of hydrogen-bond donors (Lipinski definition) is 0. The molecular weight excluding hydrogens is 1020 g/mol. The summed E-state index contributed by atoms with van der Waals surface area (Å²) in [5.41, 5.74) is 4.44.